The summed E-state index contributed by atoms with van der Waals surface area (Å²) in [6.07, 6.45) is 6.92. The minimum Gasteiger partial charge on any atom is -0.382 e. The lowest BCUT2D eigenvalue weighted by Gasteiger charge is -2.06. The number of carbonyl (C=O) groups is 1. The monoisotopic (exact) mass is 350 g/mol. The smallest absolute Gasteiger partial charge is 0.289 e. The van der Waals surface area contributed by atoms with Crippen LogP contribution in [0.25, 0.3) is 0 Å². The maximum absolute atomic E-state index is 13.4. The van der Waals surface area contributed by atoms with Crippen molar-refractivity contribution in [2.45, 2.75) is 37.6 Å². The molecule has 4 atom stereocenters. The van der Waals surface area contributed by atoms with Crippen LogP contribution in [0, 0.1) is 11.8 Å². The number of halogens is 1. The van der Waals surface area contributed by atoms with Crippen LogP contribution in [0.3, 0.4) is 0 Å². The van der Waals surface area contributed by atoms with Gasteiger partial charge < -0.3 is 10.6 Å². The predicted molar refractivity (Wildman–Crippen MR) is 94.8 cm³/mol. The van der Waals surface area contributed by atoms with E-state index in [-0.39, 0.29) is 17.6 Å². The Labute approximate surface area is 145 Å². The molecule has 0 bridgehead atoms. The number of nitrogens with zero attached hydrogens (tertiary/aromatic N) is 2. The first kappa shape index (κ1) is 17.2. The first-order valence-corrected chi connectivity index (χ1v) is 9.23. The number of carbonyl (C=O) groups excluding carboxylic acids is 1. The lowest BCUT2D eigenvalue weighted by molar-refractivity contribution is 0.0947. The Morgan fingerprint density at radius 2 is 2.17 bits per heavy atom. The first-order valence-electron chi connectivity index (χ1n) is 8.29. The number of amides is 1. The van der Waals surface area contributed by atoms with E-state index in [1.54, 1.807) is 19.3 Å². The molecule has 2 N–H and O–H groups in total. The van der Waals surface area contributed by atoms with Gasteiger partial charge >= 0.3 is 0 Å². The molecule has 2 fully saturated rings. The van der Waals surface area contributed by atoms with Crippen molar-refractivity contribution in [1.82, 2.24) is 15.3 Å². The molecular formula is C17H23FN4OS. The van der Waals surface area contributed by atoms with Crippen LogP contribution in [0.2, 0.25) is 0 Å². The van der Waals surface area contributed by atoms with E-state index in [9.17, 15) is 9.18 Å². The highest BCUT2D eigenvalue weighted by Gasteiger charge is 2.50. The van der Waals surface area contributed by atoms with E-state index in [2.05, 4.69) is 27.5 Å². The van der Waals surface area contributed by atoms with Crippen LogP contribution < -0.4 is 10.6 Å². The molecule has 130 valence electrons. The van der Waals surface area contributed by atoms with Gasteiger partial charge in [0.1, 0.15) is 5.67 Å². The molecule has 0 saturated heterocycles. The minimum absolute atomic E-state index is 0.0451. The average molecular weight is 350 g/mol. The van der Waals surface area contributed by atoms with Gasteiger partial charge in [-0.2, -0.15) is 0 Å². The molecular weight excluding hydrogens is 327 g/mol. The van der Waals surface area contributed by atoms with Crippen molar-refractivity contribution in [3.63, 3.8) is 0 Å². The summed E-state index contributed by atoms with van der Waals surface area (Å²) in [4.78, 5) is 20.0. The number of hydrogen-bond acceptors (Lipinski definition) is 5. The van der Waals surface area contributed by atoms with Gasteiger partial charge in [-0.05, 0) is 31.1 Å². The molecule has 2 saturated carbocycles. The molecule has 1 heterocycles. The van der Waals surface area contributed by atoms with E-state index in [0.717, 1.165) is 11.2 Å². The normalized spacial score (nSPS) is 31.0. The Hall–Kier alpha value is -1.63. The Bertz CT molecular complexity index is 620. The Balaban J connectivity index is 1.37. The van der Waals surface area contributed by atoms with Gasteiger partial charge in [0.15, 0.2) is 0 Å². The van der Waals surface area contributed by atoms with Crippen molar-refractivity contribution in [3.8, 4) is 0 Å². The zero-order chi connectivity index (χ0) is 17.2. The highest BCUT2D eigenvalue weighted by Crippen LogP contribution is 2.46. The summed E-state index contributed by atoms with van der Waals surface area (Å²) in [6, 6.07) is 0. The number of thioether (sulfide) groups is 1. The second kappa shape index (κ2) is 7.09. The van der Waals surface area contributed by atoms with Gasteiger partial charge in [0.25, 0.3) is 5.91 Å². The van der Waals surface area contributed by atoms with Crippen LogP contribution in [-0.4, -0.2) is 39.9 Å². The fraction of sp³-hybridized carbons (Fsp3) is 0.588. The Kier molecular flexibility index (Phi) is 5.08. The van der Waals surface area contributed by atoms with Gasteiger partial charge in [-0.15, -0.1) is 11.8 Å². The molecule has 4 unspecified atom stereocenters. The van der Waals surface area contributed by atoms with Crippen LogP contribution in [0.4, 0.5) is 10.1 Å². The highest BCUT2D eigenvalue weighted by molar-refractivity contribution is 8.03. The third kappa shape index (κ3) is 4.69. The third-order valence-corrected chi connectivity index (χ3v) is 5.87. The van der Waals surface area contributed by atoms with E-state index in [0.29, 0.717) is 25.2 Å². The molecule has 24 heavy (non-hydrogen) atoms. The van der Waals surface area contributed by atoms with Gasteiger partial charge in [-0.25, -0.2) is 14.4 Å². The average Bonchev–Trinajstić information content (AvgIpc) is 3.42. The van der Waals surface area contributed by atoms with E-state index >= 15 is 0 Å². The SMILES string of the molecule is CC1CC1S/C=C/CNC(=O)c1ncc(NCC2CC2(C)F)cn1. The van der Waals surface area contributed by atoms with E-state index in [1.807, 2.05) is 23.2 Å². The van der Waals surface area contributed by atoms with Crippen LogP contribution in [-0.2, 0) is 0 Å². The zero-order valence-electron chi connectivity index (χ0n) is 14.0. The van der Waals surface area contributed by atoms with E-state index in [1.165, 1.54) is 6.42 Å². The van der Waals surface area contributed by atoms with E-state index in [4.69, 9.17) is 0 Å². The molecule has 0 aliphatic heterocycles. The number of nitrogens with one attached hydrogen (secondary N) is 2. The third-order valence-electron chi connectivity index (χ3n) is 4.51. The summed E-state index contributed by atoms with van der Waals surface area (Å²) < 4.78 is 13.4. The summed E-state index contributed by atoms with van der Waals surface area (Å²) in [6.45, 7) is 4.88. The lowest BCUT2D eigenvalue weighted by atomic mass is 10.3. The summed E-state index contributed by atoms with van der Waals surface area (Å²) in [5.41, 5.74) is -0.346. The number of rotatable bonds is 8. The number of alkyl halides is 1. The van der Waals surface area contributed by atoms with Gasteiger partial charge in [0, 0.05) is 24.3 Å². The molecule has 3 rings (SSSR count). The van der Waals surface area contributed by atoms with Crippen molar-refractivity contribution in [1.29, 1.82) is 0 Å². The maximum atomic E-state index is 13.4. The van der Waals surface area contributed by atoms with Crippen molar-refractivity contribution in [3.05, 3.63) is 29.7 Å². The second-order valence-electron chi connectivity index (χ2n) is 6.82. The maximum Gasteiger partial charge on any atom is 0.289 e. The van der Waals surface area contributed by atoms with Crippen LogP contribution in [0.15, 0.2) is 23.9 Å². The van der Waals surface area contributed by atoms with Crippen LogP contribution in [0.5, 0.6) is 0 Å². The Morgan fingerprint density at radius 3 is 2.75 bits per heavy atom. The number of hydrogen-bond donors (Lipinski definition) is 2. The number of anilines is 1. The molecule has 2 aliphatic carbocycles. The lowest BCUT2D eigenvalue weighted by Crippen LogP contribution is -2.25. The molecule has 2 aliphatic rings. The topological polar surface area (TPSA) is 66.9 Å². The fourth-order valence-corrected chi connectivity index (χ4v) is 3.49. The quantitative estimate of drug-likeness (QED) is 0.754. The summed E-state index contributed by atoms with van der Waals surface area (Å²) in [5, 5.41) is 8.64. The van der Waals surface area contributed by atoms with Crippen molar-refractivity contribution >= 4 is 23.4 Å². The van der Waals surface area contributed by atoms with Gasteiger partial charge in [-0.1, -0.05) is 13.0 Å². The standard InChI is InChI=1S/C17H23FN4OS/c1-11-6-14(11)24-5-3-4-19-16(23)15-21-9-13(10-22-15)20-8-12-7-17(12,2)18/h3,5,9-12,14,20H,4,6-8H2,1-2H3,(H,19,23)/b5-3+. The zero-order valence-corrected chi connectivity index (χ0v) is 14.8. The summed E-state index contributed by atoms with van der Waals surface area (Å²) >= 11 is 1.81. The number of aromatic nitrogens is 2. The molecule has 1 aromatic heterocycles. The molecule has 0 spiro atoms. The van der Waals surface area contributed by atoms with Crippen LogP contribution >= 0.6 is 11.8 Å². The molecule has 1 aromatic rings. The molecule has 5 nitrogen and oxygen atoms in total. The largest absolute Gasteiger partial charge is 0.382 e. The summed E-state index contributed by atoms with van der Waals surface area (Å²) in [7, 11) is 0. The second-order valence-corrected chi connectivity index (χ2v) is 7.97. The summed E-state index contributed by atoms with van der Waals surface area (Å²) in [5.74, 6) is 0.700. The van der Waals surface area contributed by atoms with Crippen molar-refractivity contribution < 1.29 is 9.18 Å². The van der Waals surface area contributed by atoms with Crippen molar-refractivity contribution in [2.24, 2.45) is 11.8 Å². The van der Waals surface area contributed by atoms with Gasteiger partial charge in [0.2, 0.25) is 5.82 Å². The van der Waals surface area contributed by atoms with Gasteiger partial charge in [0.05, 0.1) is 18.1 Å². The van der Waals surface area contributed by atoms with Gasteiger partial charge in [-0.3, -0.25) is 4.79 Å². The minimum atomic E-state index is -1.04. The first-order chi connectivity index (χ1) is 11.5. The fourth-order valence-electron chi connectivity index (χ4n) is 2.40. The molecule has 7 heteroatoms. The molecule has 1 amide bonds. The van der Waals surface area contributed by atoms with Crippen LogP contribution in [0.1, 0.15) is 37.3 Å². The Morgan fingerprint density at radius 1 is 1.50 bits per heavy atom. The van der Waals surface area contributed by atoms with E-state index < -0.39 is 5.67 Å². The van der Waals surface area contributed by atoms with Crippen molar-refractivity contribution in [2.75, 3.05) is 18.4 Å². The molecule has 0 radical (unpaired) electrons. The predicted octanol–water partition coefficient (Wildman–Crippen LogP) is 3.02. The molecule has 0 aromatic carbocycles. The highest BCUT2D eigenvalue weighted by atomic mass is 32.2.